The smallest absolute Gasteiger partial charge is 0.276 e. The Morgan fingerprint density at radius 3 is 2.38 bits per heavy atom. The maximum absolute atomic E-state index is 13.1. The molecule has 2 saturated heterocycles. The number of rotatable bonds is 4. The summed E-state index contributed by atoms with van der Waals surface area (Å²) in [6, 6.07) is 5.94. The zero-order valence-electron chi connectivity index (χ0n) is 14.2. The van der Waals surface area contributed by atoms with Gasteiger partial charge in [-0.25, -0.2) is 8.42 Å². The van der Waals surface area contributed by atoms with Crippen LogP contribution in [0.3, 0.4) is 0 Å². The summed E-state index contributed by atoms with van der Waals surface area (Å²) in [5.41, 5.74) is 0.246. The van der Waals surface area contributed by atoms with Crippen molar-refractivity contribution in [3.63, 3.8) is 0 Å². The number of nitrogens with one attached hydrogen (secondary N) is 1. The van der Waals surface area contributed by atoms with Gasteiger partial charge >= 0.3 is 0 Å². The van der Waals surface area contributed by atoms with Gasteiger partial charge in [-0.15, -0.1) is 0 Å². The molecule has 2 fully saturated rings. The summed E-state index contributed by atoms with van der Waals surface area (Å²) < 4.78 is 32.9. The van der Waals surface area contributed by atoms with Crippen molar-refractivity contribution in [1.29, 1.82) is 0 Å². The molecule has 1 aromatic carbocycles. The summed E-state index contributed by atoms with van der Waals surface area (Å²) in [5, 5.41) is 9.91. The van der Waals surface area contributed by atoms with Crippen LogP contribution in [0.25, 0.3) is 0 Å². The number of ether oxygens (including phenoxy) is 1. The third-order valence-electron chi connectivity index (χ3n) is 4.97. The molecule has 26 heavy (non-hydrogen) atoms. The first kappa shape index (κ1) is 17.0. The van der Waals surface area contributed by atoms with Crippen LogP contribution in [0, 0.1) is 0 Å². The standard InChI is InChI=1S/C16H19N5O4S/c1-25-13-4-6-14(7-5-13)26(23,24)21-11-2-3-12(21)10-20(9-11)16(22)15-8-17-19-18-15/h4-8,11-12H,2-3,9-10H2,1H3,(H,17,18,19). The Labute approximate surface area is 151 Å². The molecule has 1 aromatic heterocycles. The maximum atomic E-state index is 13.1. The SMILES string of the molecule is COc1ccc(S(=O)(=O)N2C3CCC2CN(C(=O)c2cn[nH]n2)C3)cc1. The first-order valence-corrected chi connectivity index (χ1v) is 9.77. The Morgan fingerprint density at radius 2 is 1.85 bits per heavy atom. The Kier molecular flexibility index (Phi) is 4.16. The van der Waals surface area contributed by atoms with E-state index in [-0.39, 0.29) is 28.6 Å². The summed E-state index contributed by atoms with van der Waals surface area (Å²) in [6.07, 6.45) is 2.86. The number of carbonyl (C=O) groups excluding carboxylic acids is 1. The molecule has 2 aromatic rings. The molecule has 1 N–H and O–H groups in total. The van der Waals surface area contributed by atoms with Crippen molar-refractivity contribution in [3.8, 4) is 5.75 Å². The molecular weight excluding hydrogens is 358 g/mol. The van der Waals surface area contributed by atoms with Gasteiger partial charge < -0.3 is 9.64 Å². The predicted octanol–water partition coefficient (Wildman–Crippen LogP) is 0.491. The number of piperazine rings is 1. The summed E-state index contributed by atoms with van der Waals surface area (Å²) in [4.78, 5) is 14.4. The molecule has 3 heterocycles. The number of methoxy groups -OCH3 is 1. The van der Waals surface area contributed by atoms with Crippen LogP contribution in [-0.4, -0.2) is 71.2 Å². The van der Waals surface area contributed by atoms with E-state index in [9.17, 15) is 13.2 Å². The first-order chi connectivity index (χ1) is 12.5. The van der Waals surface area contributed by atoms with E-state index in [0.29, 0.717) is 18.8 Å². The van der Waals surface area contributed by atoms with Crippen LogP contribution in [0.5, 0.6) is 5.75 Å². The summed E-state index contributed by atoms with van der Waals surface area (Å²) in [6.45, 7) is 0.717. The van der Waals surface area contributed by atoms with Gasteiger partial charge in [0.15, 0.2) is 5.69 Å². The third-order valence-corrected chi connectivity index (χ3v) is 6.99. The summed E-state index contributed by atoms with van der Waals surface area (Å²) in [7, 11) is -2.08. The minimum atomic E-state index is -3.62. The highest BCUT2D eigenvalue weighted by atomic mass is 32.2. The van der Waals surface area contributed by atoms with Crippen LogP contribution in [0.15, 0.2) is 35.4 Å². The second-order valence-corrected chi connectivity index (χ2v) is 8.30. The lowest BCUT2D eigenvalue weighted by molar-refractivity contribution is 0.0609. The Morgan fingerprint density at radius 1 is 1.19 bits per heavy atom. The van der Waals surface area contributed by atoms with E-state index in [1.54, 1.807) is 33.5 Å². The van der Waals surface area contributed by atoms with Gasteiger partial charge in [-0.1, -0.05) is 0 Å². The molecule has 1 amide bonds. The number of likely N-dealkylation sites (tertiary alicyclic amines) is 1. The number of aromatic amines is 1. The topological polar surface area (TPSA) is 108 Å². The fourth-order valence-electron chi connectivity index (χ4n) is 3.76. The van der Waals surface area contributed by atoms with E-state index in [1.807, 2.05) is 0 Å². The largest absolute Gasteiger partial charge is 0.497 e. The fraction of sp³-hybridized carbons (Fsp3) is 0.438. The van der Waals surface area contributed by atoms with Gasteiger partial charge in [-0.05, 0) is 37.1 Å². The monoisotopic (exact) mass is 377 g/mol. The van der Waals surface area contributed by atoms with Crippen LogP contribution >= 0.6 is 0 Å². The average molecular weight is 377 g/mol. The normalized spacial score (nSPS) is 23.2. The molecule has 2 aliphatic rings. The first-order valence-electron chi connectivity index (χ1n) is 8.33. The van der Waals surface area contributed by atoms with Crippen LogP contribution in [-0.2, 0) is 10.0 Å². The lowest BCUT2D eigenvalue weighted by Gasteiger charge is -2.39. The summed E-state index contributed by atoms with van der Waals surface area (Å²) in [5.74, 6) is 0.382. The van der Waals surface area contributed by atoms with E-state index in [0.717, 1.165) is 12.8 Å². The molecule has 2 unspecified atom stereocenters. The highest BCUT2D eigenvalue weighted by Gasteiger charge is 2.47. The van der Waals surface area contributed by atoms with Crippen molar-refractivity contribution in [2.24, 2.45) is 0 Å². The number of hydrogen-bond acceptors (Lipinski definition) is 6. The van der Waals surface area contributed by atoms with Gasteiger partial charge in [-0.3, -0.25) is 4.79 Å². The van der Waals surface area contributed by atoms with Crippen molar-refractivity contribution in [1.82, 2.24) is 24.6 Å². The average Bonchev–Trinajstić information content (AvgIpc) is 3.28. The molecular formula is C16H19N5O4S. The molecule has 9 nitrogen and oxygen atoms in total. The number of hydrogen-bond donors (Lipinski definition) is 1. The number of H-pyrrole nitrogens is 1. The molecule has 0 aliphatic carbocycles. The lowest BCUT2D eigenvalue weighted by Crippen LogP contribution is -2.57. The van der Waals surface area contributed by atoms with Crippen molar-refractivity contribution in [2.45, 2.75) is 29.8 Å². The van der Waals surface area contributed by atoms with Crippen molar-refractivity contribution in [2.75, 3.05) is 20.2 Å². The molecule has 10 heteroatoms. The molecule has 0 spiro atoms. The maximum Gasteiger partial charge on any atom is 0.276 e. The molecule has 2 aliphatic heterocycles. The molecule has 2 bridgehead atoms. The Hall–Kier alpha value is -2.46. The lowest BCUT2D eigenvalue weighted by atomic mass is 10.2. The number of aromatic nitrogens is 3. The molecule has 138 valence electrons. The van der Waals surface area contributed by atoms with Gasteiger partial charge in [0.2, 0.25) is 10.0 Å². The number of sulfonamides is 1. The van der Waals surface area contributed by atoms with Crippen LogP contribution < -0.4 is 4.74 Å². The second-order valence-electron chi connectivity index (χ2n) is 6.46. The Bertz CT molecular complexity index is 883. The van der Waals surface area contributed by atoms with Crippen LogP contribution in [0.4, 0.5) is 0 Å². The number of carbonyl (C=O) groups is 1. The Balaban J connectivity index is 1.56. The van der Waals surface area contributed by atoms with Gasteiger partial charge in [0.25, 0.3) is 5.91 Å². The molecule has 4 rings (SSSR count). The van der Waals surface area contributed by atoms with E-state index in [2.05, 4.69) is 15.4 Å². The minimum Gasteiger partial charge on any atom is -0.497 e. The van der Waals surface area contributed by atoms with Gasteiger partial charge in [0.05, 0.1) is 18.2 Å². The predicted molar refractivity (Wildman–Crippen MR) is 91.1 cm³/mol. The molecule has 0 saturated carbocycles. The molecule has 2 atom stereocenters. The zero-order chi connectivity index (χ0) is 18.3. The number of benzene rings is 1. The quantitative estimate of drug-likeness (QED) is 0.831. The van der Waals surface area contributed by atoms with Gasteiger partial charge in [-0.2, -0.15) is 19.7 Å². The minimum absolute atomic E-state index is 0.225. The van der Waals surface area contributed by atoms with Crippen LogP contribution in [0.1, 0.15) is 23.3 Å². The van der Waals surface area contributed by atoms with Crippen molar-refractivity contribution >= 4 is 15.9 Å². The van der Waals surface area contributed by atoms with Crippen molar-refractivity contribution in [3.05, 3.63) is 36.2 Å². The number of amides is 1. The van der Waals surface area contributed by atoms with Crippen LogP contribution in [0.2, 0.25) is 0 Å². The van der Waals surface area contributed by atoms with E-state index in [1.165, 1.54) is 13.3 Å². The fourth-order valence-corrected chi connectivity index (χ4v) is 5.61. The number of fused-ring (bicyclic) bond motifs is 2. The number of nitrogens with zero attached hydrogens (tertiary/aromatic N) is 4. The van der Waals surface area contributed by atoms with E-state index >= 15 is 0 Å². The second kappa shape index (κ2) is 6.36. The van der Waals surface area contributed by atoms with Gasteiger partial charge in [0.1, 0.15) is 5.75 Å². The highest BCUT2D eigenvalue weighted by molar-refractivity contribution is 7.89. The third kappa shape index (κ3) is 2.74. The summed E-state index contributed by atoms with van der Waals surface area (Å²) >= 11 is 0. The van der Waals surface area contributed by atoms with Crippen molar-refractivity contribution < 1.29 is 17.9 Å². The van der Waals surface area contributed by atoms with Gasteiger partial charge in [0, 0.05) is 25.2 Å². The zero-order valence-corrected chi connectivity index (χ0v) is 15.0. The van der Waals surface area contributed by atoms with E-state index < -0.39 is 10.0 Å². The molecule has 0 radical (unpaired) electrons. The highest BCUT2D eigenvalue weighted by Crippen LogP contribution is 2.36. The van der Waals surface area contributed by atoms with E-state index in [4.69, 9.17) is 4.74 Å².